The number of halogens is 2. The van der Waals surface area contributed by atoms with Crippen molar-refractivity contribution in [1.82, 2.24) is 9.97 Å². The summed E-state index contributed by atoms with van der Waals surface area (Å²) in [5.74, 6) is -0.584. The quantitative estimate of drug-likeness (QED) is 0.294. The van der Waals surface area contributed by atoms with Crippen LogP contribution < -0.4 is 0 Å². The fraction of sp³-hybridized carbons (Fsp3) is 0.0588. The summed E-state index contributed by atoms with van der Waals surface area (Å²) in [6.45, 7) is 0. The van der Waals surface area contributed by atoms with Crippen molar-refractivity contribution in [2.75, 3.05) is 5.75 Å². The number of aromatic amines is 1. The highest BCUT2D eigenvalue weighted by Gasteiger charge is 2.15. The molecule has 0 atom stereocenters. The van der Waals surface area contributed by atoms with E-state index < -0.39 is 5.91 Å². The molecule has 0 spiro atoms. The molecule has 2 N–H and O–H groups in total. The summed E-state index contributed by atoms with van der Waals surface area (Å²) >= 11 is 14.9. The Hall–Kier alpha value is -2.13. The van der Waals surface area contributed by atoms with E-state index in [1.807, 2.05) is 24.3 Å². The Labute approximate surface area is 171 Å². The van der Waals surface area contributed by atoms with Gasteiger partial charge in [0, 0.05) is 10.4 Å². The van der Waals surface area contributed by atoms with Crippen LogP contribution in [0.5, 0.6) is 5.88 Å². The van der Waals surface area contributed by atoms with Crippen LogP contribution in [0.2, 0.25) is 10.0 Å². The van der Waals surface area contributed by atoms with Gasteiger partial charge in [0.2, 0.25) is 5.88 Å². The molecular formula is C17H10Cl2N4O2S2. The van der Waals surface area contributed by atoms with E-state index in [1.165, 1.54) is 23.1 Å². The van der Waals surface area contributed by atoms with Crippen LogP contribution in [0.25, 0.3) is 21.1 Å². The van der Waals surface area contributed by atoms with E-state index in [9.17, 15) is 9.90 Å². The molecule has 136 valence electrons. The molecule has 0 aliphatic rings. The number of thioether (sulfide) groups is 1. The highest BCUT2D eigenvalue weighted by Crippen LogP contribution is 2.40. The lowest BCUT2D eigenvalue weighted by atomic mass is 10.2. The third-order valence-electron chi connectivity index (χ3n) is 3.63. The average molecular weight is 437 g/mol. The second-order valence-electron chi connectivity index (χ2n) is 5.46. The number of amides is 1. The molecule has 6 nitrogen and oxygen atoms in total. The van der Waals surface area contributed by atoms with E-state index in [-0.39, 0.29) is 17.3 Å². The van der Waals surface area contributed by atoms with Crippen LogP contribution >= 0.6 is 46.3 Å². The van der Waals surface area contributed by atoms with Crippen molar-refractivity contribution in [2.45, 2.75) is 4.34 Å². The summed E-state index contributed by atoms with van der Waals surface area (Å²) in [6, 6.07) is 10.9. The number of rotatable bonds is 4. The third-order valence-corrected chi connectivity index (χ3v) is 6.31. The standard InChI is InChI=1S/C17H10Cl2N4O2S2/c18-8-5-9-14(10(19)6-8)21-16(25)15(9)23-22-13(24)7-26-17-20-11-3-1-2-4-12(11)27-17/h1-6,21,25H,7H2. The number of H-pyrrole nitrogens is 1. The Bertz CT molecular complexity index is 1170. The number of carbonyl (C=O) groups excluding carboxylic acids is 1. The van der Waals surface area contributed by atoms with Crippen molar-refractivity contribution in [3.05, 3.63) is 46.4 Å². The molecule has 1 amide bonds. The molecule has 0 bridgehead atoms. The molecule has 0 aliphatic carbocycles. The SMILES string of the molecule is O=C(CSc1nc2ccccc2s1)N=Nc1c(O)[nH]c2c(Cl)cc(Cl)cc12. The number of carbonyl (C=O) groups is 1. The van der Waals surface area contributed by atoms with Gasteiger partial charge in [0.1, 0.15) is 0 Å². The molecule has 0 fully saturated rings. The second kappa shape index (κ2) is 7.47. The zero-order valence-corrected chi connectivity index (χ0v) is 16.6. The molecule has 0 aliphatic heterocycles. The Morgan fingerprint density at radius 3 is 2.93 bits per heavy atom. The first-order valence-electron chi connectivity index (χ1n) is 7.64. The molecule has 0 saturated heterocycles. The number of hydrogen-bond donors (Lipinski definition) is 2. The van der Waals surface area contributed by atoms with Crippen LogP contribution in [0, 0.1) is 0 Å². The fourth-order valence-corrected chi connectivity index (χ4v) is 4.85. The van der Waals surface area contributed by atoms with Gasteiger partial charge in [-0.1, -0.05) is 47.1 Å². The molecular weight excluding hydrogens is 427 g/mol. The molecule has 0 radical (unpaired) electrons. The summed E-state index contributed by atoms with van der Waals surface area (Å²) in [6.07, 6.45) is 0. The topological polar surface area (TPSA) is 90.7 Å². The third kappa shape index (κ3) is 3.79. The largest absolute Gasteiger partial charge is 0.493 e. The van der Waals surface area contributed by atoms with Crippen LogP contribution in [0.4, 0.5) is 5.69 Å². The smallest absolute Gasteiger partial charge is 0.274 e. The van der Waals surface area contributed by atoms with Crippen LogP contribution in [-0.4, -0.2) is 26.7 Å². The number of fused-ring (bicyclic) bond motifs is 2. The van der Waals surface area contributed by atoms with Crippen molar-refractivity contribution < 1.29 is 9.90 Å². The van der Waals surface area contributed by atoms with Gasteiger partial charge in [-0.15, -0.1) is 21.6 Å². The first-order chi connectivity index (χ1) is 13.0. The average Bonchev–Trinajstić information content (AvgIpc) is 3.19. The number of hydrogen-bond acceptors (Lipinski definition) is 6. The van der Waals surface area contributed by atoms with Gasteiger partial charge in [0.15, 0.2) is 10.0 Å². The van der Waals surface area contributed by atoms with Gasteiger partial charge < -0.3 is 10.1 Å². The van der Waals surface area contributed by atoms with Gasteiger partial charge in [-0.05, 0) is 24.3 Å². The lowest BCUT2D eigenvalue weighted by Crippen LogP contribution is -1.94. The minimum absolute atomic E-state index is 0.0912. The van der Waals surface area contributed by atoms with E-state index >= 15 is 0 Å². The Morgan fingerprint density at radius 2 is 2.11 bits per heavy atom. The van der Waals surface area contributed by atoms with Crippen LogP contribution in [0.15, 0.2) is 51.0 Å². The van der Waals surface area contributed by atoms with E-state index in [0.717, 1.165) is 14.6 Å². The molecule has 4 rings (SSSR count). The summed E-state index contributed by atoms with van der Waals surface area (Å²) in [4.78, 5) is 19.2. The molecule has 2 aromatic heterocycles. The molecule has 2 heterocycles. The van der Waals surface area contributed by atoms with Crippen LogP contribution in [0.1, 0.15) is 0 Å². The number of azo groups is 1. The van der Waals surface area contributed by atoms with Gasteiger partial charge in [-0.3, -0.25) is 4.79 Å². The number of aromatic hydroxyl groups is 1. The maximum atomic E-state index is 12.1. The van der Waals surface area contributed by atoms with Crippen molar-refractivity contribution in [3.8, 4) is 5.88 Å². The first-order valence-corrected chi connectivity index (χ1v) is 10.2. The lowest BCUT2D eigenvalue weighted by molar-refractivity contribution is -0.115. The number of nitrogens with zero attached hydrogens (tertiary/aromatic N) is 3. The van der Waals surface area contributed by atoms with Crippen molar-refractivity contribution >= 4 is 79.0 Å². The fourth-order valence-electron chi connectivity index (χ4n) is 2.46. The molecule has 10 heteroatoms. The van der Waals surface area contributed by atoms with E-state index in [4.69, 9.17) is 23.2 Å². The number of benzene rings is 2. The number of aromatic nitrogens is 2. The van der Waals surface area contributed by atoms with Gasteiger partial charge in [0.25, 0.3) is 5.91 Å². The Kier molecular flexibility index (Phi) is 5.05. The van der Waals surface area contributed by atoms with Gasteiger partial charge >= 0.3 is 0 Å². The van der Waals surface area contributed by atoms with Crippen molar-refractivity contribution in [2.24, 2.45) is 10.2 Å². The molecule has 27 heavy (non-hydrogen) atoms. The molecule has 2 aromatic carbocycles. The zero-order chi connectivity index (χ0) is 19.0. The summed E-state index contributed by atoms with van der Waals surface area (Å²) in [5.41, 5.74) is 1.49. The van der Waals surface area contributed by atoms with E-state index in [0.29, 0.717) is 20.9 Å². The Balaban J connectivity index is 1.50. The minimum atomic E-state index is -0.443. The van der Waals surface area contributed by atoms with Crippen molar-refractivity contribution in [3.63, 3.8) is 0 Å². The van der Waals surface area contributed by atoms with E-state index in [2.05, 4.69) is 20.2 Å². The number of nitrogens with one attached hydrogen (secondary N) is 1. The number of thiazole rings is 1. The van der Waals surface area contributed by atoms with Gasteiger partial charge in [0.05, 0.1) is 26.5 Å². The number of para-hydroxylation sites is 1. The lowest BCUT2D eigenvalue weighted by Gasteiger charge is -1.96. The molecule has 4 aromatic rings. The van der Waals surface area contributed by atoms with E-state index in [1.54, 1.807) is 12.1 Å². The molecule has 0 saturated carbocycles. The highest BCUT2D eigenvalue weighted by atomic mass is 35.5. The van der Waals surface area contributed by atoms with Crippen LogP contribution in [-0.2, 0) is 4.79 Å². The zero-order valence-electron chi connectivity index (χ0n) is 13.4. The monoisotopic (exact) mass is 436 g/mol. The maximum Gasteiger partial charge on any atom is 0.274 e. The van der Waals surface area contributed by atoms with Gasteiger partial charge in [-0.25, -0.2) is 4.98 Å². The summed E-state index contributed by atoms with van der Waals surface area (Å²) in [7, 11) is 0. The summed E-state index contributed by atoms with van der Waals surface area (Å²) < 4.78 is 1.85. The first kappa shape index (κ1) is 18.2. The predicted molar refractivity (Wildman–Crippen MR) is 110 cm³/mol. The van der Waals surface area contributed by atoms with Crippen molar-refractivity contribution in [1.29, 1.82) is 0 Å². The van der Waals surface area contributed by atoms with Gasteiger partial charge in [-0.2, -0.15) is 0 Å². The minimum Gasteiger partial charge on any atom is -0.493 e. The Morgan fingerprint density at radius 1 is 1.30 bits per heavy atom. The highest BCUT2D eigenvalue weighted by molar-refractivity contribution is 8.01. The van der Waals surface area contributed by atoms with Crippen LogP contribution in [0.3, 0.4) is 0 Å². The predicted octanol–water partition coefficient (Wildman–Crippen LogP) is 6.19. The normalized spacial score (nSPS) is 11.8. The second-order valence-corrected chi connectivity index (χ2v) is 8.56. The summed E-state index contributed by atoms with van der Waals surface area (Å²) in [5, 5.41) is 18.8. The maximum absolute atomic E-state index is 12.1. The molecule has 0 unspecified atom stereocenters.